The van der Waals surface area contributed by atoms with Crippen molar-refractivity contribution in [3.8, 4) is 0 Å². The van der Waals surface area contributed by atoms with Gasteiger partial charge in [-0.05, 0) is 29.2 Å². The van der Waals surface area contributed by atoms with Crippen LogP contribution in [0.25, 0.3) is 0 Å². The molecule has 0 N–H and O–H groups in total. The highest BCUT2D eigenvalue weighted by Crippen LogP contribution is 2.30. The third-order valence-electron chi connectivity index (χ3n) is 4.70. The van der Waals surface area contributed by atoms with E-state index in [1.807, 2.05) is 12.1 Å². The Hall–Kier alpha value is -1.35. The second-order valence-corrected chi connectivity index (χ2v) is 7.53. The summed E-state index contributed by atoms with van der Waals surface area (Å²) in [6.07, 6.45) is 0. The van der Waals surface area contributed by atoms with Gasteiger partial charge in [0.25, 0.3) is 0 Å². The molecule has 0 aliphatic carbocycles. The van der Waals surface area contributed by atoms with Crippen LogP contribution in [-0.4, -0.2) is 42.5 Å². The van der Waals surface area contributed by atoms with Gasteiger partial charge in [-0.25, -0.2) is 0 Å². The lowest BCUT2D eigenvalue weighted by molar-refractivity contribution is 0.101. The van der Waals surface area contributed by atoms with Gasteiger partial charge in [-0.2, -0.15) is 0 Å². The van der Waals surface area contributed by atoms with Gasteiger partial charge in [0.1, 0.15) is 0 Å². The molecular formula is C21H27ClN2. The first-order valence-corrected chi connectivity index (χ1v) is 9.28. The van der Waals surface area contributed by atoms with Crippen molar-refractivity contribution in [1.82, 2.24) is 9.80 Å². The Labute approximate surface area is 151 Å². The zero-order valence-corrected chi connectivity index (χ0v) is 15.4. The molecule has 2 aromatic carbocycles. The summed E-state index contributed by atoms with van der Waals surface area (Å²) in [5, 5.41) is 0.798. The molecule has 0 saturated carbocycles. The first-order valence-electron chi connectivity index (χ1n) is 8.90. The number of hydrogen-bond acceptors (Lipinski definition) is 2. The topological polar surface area (TPSA) is 6.48 Å². The molecule has 0 spiro atoms. The third kappa shape index (κ3) is 4.38. The van der Waals surface area contributed by atoms with Crippen LogP contribution in [0.3, 0.4) is 0 Å². The normalized spacial score (nSPS) is 18.0. The number of nitrogens with zero attached hydrogens (tertiary/aromatic N) is 2. The predicted molar refractivity (Wildman–Crippen MR) is 103 cm³/mol. The number of benzene rings is 2. The molecule has 0 aromatic heterocycles. The van der Waals surface area contributed by atoms with E-state index < -0.39 is 0 Å². The van der Waals surface area contributed by atoms with E-state index in [1.54, 1.807) is 0 Å². The van der Waals surface area contributed by atoms with Crippen molar-refractivity contribution in [2.45, 2.75) is 19.9 Å². The van der Waals surface area contributed by atoms with Gasteiger partial charge in [-0.3, -0.25) is 4.90 Å². The molecule has 0 bridgehead atoms. The van der Waals surface area contributed by atoms with Crippen molar-refractivity contribution >= 4 is 11.6 Å². The highest BCUT2D eigenvalue weighted by atomic mass is 35.5. The largest absolute Gasteiger partial charge is 0.301 e. The Morgan fingerprint density at radius 1 is 0.833 bits per heavy atom. The van der Waals surface area contributed by atoms with E-state index in [4.69, 9.17) is 11.6 Å². The molecule has 128 valence electrons. The Balaban J connectivity index is 1.80. The molecule has 0 radical (unpaired) electrons. The van der Waals surface area contributed by atoms with Crippen LogP contribution >= 0.6 is 11.6 Å². The van der Waals surface area contributed by atoms with E-state index in [-0.39, 0.29) is 0 Å². The van der Waals surface area contributed by atoms with Crippen molar-refractivity contribution in [3.05, 3.63) is 70.7 Å². The summed E-state index contributed by atoms with van der Waals surface area (Å²) in [5.74, 6) is 0.734. The summed E-state index contributed by atoms with van der Waals surface area (Å²) in [5.41, 5.74) is 2.68. The quantitative estimate of drug-likeness (QED) is 0.776. The number of piperazine rings is 1. The van der Waals surface area contributed by atoms with Crippen molar-refractivity contribution in [3.63, 3.8) is 0 Å². The molecular weight excluding hydrogens is 316 g/mol. The molecule has 1 heterocycles. The predicted octanol–water partition coefficient (Wildman–Crippen LogP) is 4.70. The molecule has 1 atom stereocenters. The molecule has 0 amide bonds. The number of hydrogen-bond donors (Lipinski definition) is 0. The van der Waals surface area contributed by atoms with Crippen molar-refractivity contribution in [2.75, 3.05) is 32.7 Å². The van der Waals surface area contributed by atoms with Crippen LogP contribution in [0, 0.1) is 5.92 Å². The smallest absolute Gasteiger partial charge is 0.0602 e. The highest BCUT2D eigenvalue weighted by molar-refractivity contribution is 6.30. The first kappa shape index (κ1) is 17.5. The lowest BCUT2D eigenvalue weighted by Crippen LogP contribution is -2.48. The Bertz CT molecular complexity index is 616. The minimum atomic E-state index is 0.310. The average Bonchev–Trinajstić information content (AvgIpc) is 2.59. The number of halogens is 1. The zero-order valence-electron chi connectivity index (χ0n) is 14.7. The zero-order chi connectivity index (χ0) is 16.9. The van der Waals surface area contributed by atoms with Crippen LogP contribution in [0.2, 0.25) is 5.02 Å². The molecule has 1 saturated heterocycles. The van der Waals surface area contributed by atoms with E-state index in [2.05, 4.69) is 66.1 Å². The summed E-state index contributed by atoms with van der Waals surface area (Å²) in [4.78, 5) is 5.19. The van der Waals surface area contributed by atoms with E-state index >= 15 is 0 Å². The summed E-state index contributed by atoms with van der Waals surface area (Å²) >= 11 is 6.10. The summed E-state index contributed by atoms with van der Waals surface area (Å²) < 4.78 is 0. The van der Waals surface area contributed by atoms with Crippen molar-refractivity contribution in [1.29, 1.82) is 0 Å². The van der Waals surface area contributed by atoms with Gasteiger partial charge in [0.05, 0.1) is 6.04 Å². The SMILES string of the molecule is CC(C)CN1CCN([C@H](c2ccccc2)c2ccc(Cl)cc2)CC1. The second-order valence-electron chi connectivity index (χ2n) is 7.10. The maximum atomic E-state index is 6.10. The van der Waals surface area contributed by atoms with Gasteiger partial charge in [0, 0.05) is 37.7 Å². The van der Waals surface area contributed by atoms with Crippen molar-refractivity contribution in [2.24, 2.45) is 5.92 Å². The van der Waals surface area contributed by atoms with E-state index in [9.17, 15) is 0 Å². The molecule has 1 fully saturated rings. The van der Waals surface area contributed by atoms with E-state index in [1.165, 1.54) is 17.7 Å². The Morgan fingerprint density at radius 2 is 1.42 bits per heavy atom. The van der Waals surface area contributed by atoms with Gasteiger partial charge in [-0.1, -0.05) is 67.9 Å². The molecule has 2 aromatic rings. The lowest BCUT2D eigenvalue weighted by atomic mass is 9.96. The fourth-order valence-electron chi connectivity index (χ4n) is 3.62. The van der Waals surface area contributed by atoms with Gasteiger partial charge >= 0.3 is 0 Å². The highest BCUT2D eigenvalue weighted by Gasteiger charge is 2.26. The molecule has 3 rings (SSSR count). The van der Waals surface area contributed by atoms with Crippen LogP contribution < -0.4 is 0 Å². The molecule has 3 heteroatoms. The third-order valence-corrected chi connectivity index (χ3v) is 4.95. The van der Waals surface area contributed by atoms with E-state index in [0.717, 1.165) is 37.1 Å². The molecule has 2 nitrogen and oxygen atoms in total. The van der Waals surface area contributed by atoms with Gasteiger partial charge < -0.3 is 4.90 Å². The molecule has 0 unspecified atom stereocenters. The van der Waals surface area contributed by atoms with Crippen LogP contribution in [0.5, 0.6) is 0 Å². The average molecular weight is 343 g/mol. The summed E-state index contributed by atoms with van der Waals surface area (Å²) in [6.45, 7) is 10.3. The van der Waals surface area contributed by atoms with Crippen LogP contribution in [0.4, 0.5) is 0 Å². The lowest BCUT2D eigenvalue weighted by Gasteiger charge is -2.40. The fourth-order valence-corrected chi connectivity index (χ4v) is 3.74. The van der Waals surface area contributed by atoms with E-state index in [0.29, 0.717) is 6.04 Å². The molecule has 1 aliphatic heterocycles. The molecule has 24 heavy (non-hydrogen) atoms. The summed E-state index contributed by atoms with van der Waals surface area (Å²) in [7, 11) is 0. The monoisotopic (exact) mass is 342 g/mol. The van der Waals surface area contributed by atoms with Crippen LogP contribution in [0.1, 0.15) is 31.0 Å². The maximum Gasteiger partial charge on any atom is 0.0602 e. The van der Waals surface area contributed by atoms with Crippen LogP contribution in [-0.2, 0) is 0 Å². The minimum absolute atomic E-state index is 0.310. The molecule has 1 aliphatic rings. The summed E-state index contributed by atoms with van der Waals surface area (Å²) in [6, 6.07) is 19.5. The van der Waals surface area contributed by atoms with Gasteiger partial charge in [0.15, 0.2) is 0 Å². The number of rotatable bonds is 5. The van der Waals surface area contributed by atoms with Gasteiger partial charge in [-0.15, -0.1) is 0 Å². The fraction of sp³-hybridized carbons (Fsp3) is 0.429. The van der Waals surface area contributed by atoms with Crippen molar-refractivity contribution < 1.29 is 0 Å². The standard InChI is InChI=1S/C21H27ClN2/c1-17(2)16-23-12-14-24(15-13-23)21(18-6-4-3-5-7-18)19-8-10-20(22)11-9-19/h3-11,17,21H,12-16H2,1-2H3/t21-/m1/s1. The minimum Gasteiger partial charge on any atom is -0.301 e. The Kier molecular flexibility index (Phi) is 5.94. The second kappa shape index (κ2) is 8.15. The maximum absolute atomic E-state index is 6.10. The Morgan fingerprint density at radius 3 is 2.00 bits per heavy atom. The first-order chi connectivity index (χ1) is 11.6. The van der Waals surface area contributed by atoms with Gasteiger partial charge in [0.2, 0.25) is 0 Å². The van der Waals surface area contributed by atoms with Crippen LogP contribution in [0.15, 0.2) is 54.6 Å².